The van der Waals surface area contributed by atoms with Gasteiger partial charge in [-0.25, -0.2) is 0 Å². The Kier molecular flexibility index (Phi) is 79.7. The van der Waals surface area contributed by atoms with Gasteiger partial charge in [0.15, 0.2) is 0 Å². The third-order valence-electron chi connectivity index (χ3n) is 1.74. The van der Waals surface area contributed by atoms with Crippen molar-refractivity contribution in [2.75, 3.05) is 4.93 Å². The maximum absolute atomic E-state index is 3.37. The molecule has 0 aliphatic carbocycles. The fourth-order valence-corrected chi connectivity index (χ4v) is 8050. The summed E-state index contributed by atoms with van der Waals surface area (Å²) in [6.45, 7) is 0. The van der Waals surface area contributed by atoms with Crippen molar-refractivity contribution < 1.29 is 17.2 Å². The van der Waals surface area contributed by atoms with Crippen molar-refractivity contribution in [2.45, 2.75) is 0 Å². The molecular weight excluding hydrogens is 5600 g/mol. The van der Waals surface area contributed by atoms with Crippen LogP contribution in [-0.2, 0) is 0 Å². The van der Waals surface area contributed by atoms with Crippen LogP contribution >= 0.6 is 575 Å². The second-order valence-electron chi connectivity index (χ2n) is 3.54. The second kappa shape index (κ2) is 46.5. The van der Waals surface area contributed by atoms with Gasteiger partial charge in [0.05, 0.1) is 0 Å². The first-order valence-corrected chi connectivity index (χ1v) is 279. The van der Waals surface area contributed by atoms with Gasteiger partial charge in [-0.2, -0.15) is 0 Å². The van der Waals surface area contributed by atoms with Crippen LogP contribution in [0, 0.1) is 0 Å². The van der Waals surface area contributed by atoms with Crippen molar-refractivity contribution in [2.24, 2.45) is 0 Å². The number of alkyl halides is 1. The molecule has 0 fully saturated rings. The normalized spacial score (nSPS) is 18.7. The van der Waals surface area contributed by atoms with Gasteiger partial charge in [0.25, 0.3) is 0 Å². The molecule has 0 atom stereocenters. The summed E-state index contributed by atoms with van der Waals surface area (Å²) in [5.41, 5.74) is 0. The Balaban J connectivity index is 5.49. The summed E-state index contributed by atoms with van der Waals surface area (Å²) in [6, 6.07) is 0. The van der Waals surface area contributed by atoms with E-state index in [0.717, 1.165) is 0 Å². The minimum absolute atomic E-state index is 0.377. The average Bonchev–Trinajstić information content (AvgIpc) is 3.04. The van der Waals surface area contributed by atoms with Gasteiger partial charge in [0.2, 0.25) is 0 Å². The van der Waals surface area contributed by atoms with Gasteiger partial charge < -0.3 is 0 Å². The molecule has 0 rings (SSSR count). The predicted molar refractivity (Wildman–Crippen MR) is 609 cm³/mol. The number of hydrogen-bond acceptors (Lipinski definition) is 0. The van der Waals surface area contributed by atoms with Crippen LogP contribution in [0.5, 0.6) is 0 Å². The van der Waals surface area contributed by atoms with Gasteiger partial charge in [-0.3, -0.25) is 0 Å². The molecule has 0 nitrogen and oxygen atoms in total. The Hall–Kier alpha value is 32.1. The molecule has 45 heavy (non-hydrogen) atoms. The van der Waals surface area contributed by atoms with Crippen LogP contribution in [0.2, 0.25) is 0 Å². The molecule has 0 spiro atoms. The molecule has 44 heteroatoms. The molecule has 0 saturated heterocycles. The first-order chi connectivity index (χ1) is 20.5. The van der Waals surface area contributed by atoms with Crippen LogP contribution in [-0.4, -0.2) is 4.93 Å². The Labute approximate surface area is 562 Å². The van der Waals surface area contributed by atoms with E-state index in [-0.39, 0.29) is 7.89 Å². The van der Waals surface area contributed by atoms with Crippen molar-refractivity contribution in [1.29, 1.82) is 0 Å². The molecule has 0 unspecified atom stereocenters. The summed E-state index contributed by atoms with van der Waals surface area (Å²) in [6.07, 6.45) is 0. The molecule has 0 amide bonds. The molecule has 0 aromatic carbocycles. The average molecular weight is 5600 g/mol. The molecule has 0 aromatic rings. The van der Waals surface area contributed by atoms with Gasteiger partial charge >= 0.3 is 597 Å². The van der Waals surface area contributed by atoms with Crippen LogP contribution in [0.1, 0.15) is 0 Å². The molecule has 0 bridgehead atoms. The molecule has 0 radical (unpaired) electrons. The summed E-state index contributed by atoms with van der Waals surface area (Å²) in [5, 5.41) is 0. The van der Waals surface area contributed by atoms with E-state index in [9.17, 15) is 0 Å². The Morgan fingerprint density at radius 2 is 0.356 bits per heavy atom. The Morgan fingerprint density at radius 1 is 0.222 bits per heavy atom. The van der Waals surface area contributed by atoms with E-state index < -0.39 is 158 Å². The molecule has 0 aliphatic heterocycles. The molecule has 0 N–H and O–H groups in total. The van der Waals surface area contributed by atoms with Gasteiger partial charge in [0.1, 0.15) is 0 Å². The van der Waals surface area contributed by atoms with Gasteiger partial charge in [-0.15, -0.1) is 0 Å². The van der Waals surface area contributed by atoms with E-state index >= 15 is 0 Å². The molecule has 0 aromatic heterocycles. The van der Waals surface area contributed by atoms with Crippen molar-refractivity contribution in [1.82, 2.24) is 0 Å². The third-order valence-corrected chi connectivity index (χ3v) is 3340. The molecular formula is CH3I44-. The summed E-state index contributed by atoms with van der Waals surface area (Å²) < 4.78 is 0. The third kappa shape index (κ3) is 32.1. The van der Waals surface area contributed by atoms with Crippen LogP contribution in [0.3, 0.4) is 0 Å². The van der Waals surface area contributed by atoms with E-state index in [0.29, 0.717) is 17.2 Å². The SMILES string of the molecule is C[I-]I(I)I(I)I(I)I(I)I(I)I(I)I(I)I(I)I(I)I(I)I(I)I(I)I(I)I(I)I(I)I(I)I(I)I(I)I(I)I(I)I(I)I. The van der Waals surface area contributed by atoms with E-state index in [1.807, 2.05) is 0 Å². The topological polar surface area (TPSA) is 0 Å². The summed E-state index contributed by atoms with van der Waals surface area (Å²) in [7, 11) is -10.7. The molecule has 0 aliphatic rings. The van der Waals surface area contributed by atoms with E-state index in [1.54, 1.807) is 0 Å². The van der Waals surface area contributed by atoms with Crippen LogP contribution in [0.4, 0.5) is 0 Å². The monoisotopic (exact) mass is 5600 g/mol. The molecule has 0 heterocycles. The summed E-state index contributed by atoms with van der Waals surface area (Å²) >= 11 is 72.6. The van der Waals surface area contributed by atoms with E-state index in [1.165, 1.54) is 0 Å². The van der Waals surface area contributed by atoms with E-state index in [2.05, 4.69) is 414 Å². The first kappa shape index (κ1) is 77.1. The van der Waals surface area contributed by atoms with E-state index in [4.69, 9.17) is 0 Å². The van der Waals surface area contributed by atoms with Gasteiger partial charge in [0, 0.05) is 0 Å². The van der Waals surface area contributed by atoms with Crippen LogP contribution < -0.4 is 17.2 Å². The molecule has 0 saturated carbocycles. The van der Waals surface area contributed by atoms with Crippen molar-refractivity contribution in [3.8, 4) is 0 Å². The van der Waals surface area contributed by atoms with Crippen LogP contribution in [0.25, 0.3) is 0 Å². The van der Waals surface area contributed by atoms with Gasteiger partial charge in [-0.1, -0.05) is 0 Å². The van der Waals surface area contributed by atoms with Crippen molar-refractivity contribution >= 4 is 575 Å². The fourth-order valence-electron chi connectivity index (χ4n) is 0.627. The number of hydrogen-bond donors (Lipinski definition) is 0. The summed E-state index contributed by atoms with van der Waals surface area (Å²) in [4.78, 5) is 2.66. The summed E-state index contributed by atoms with van der Waals surface area (Å²) in [5.74, 6) is 0. The fraction of sp³-hybridized carbons (Fsp3) is 1.00. The van der Waals surface area contributed by atoms with Crippen molar-refractivity contribution in [3.63, 3.8) is 0 Å². The maximum atomic E-state index is 3.37. The van der Waals surface area contributed by atoms with Gasteiger partial charge in [-0.05, 0) is 0 Å². The molecule has 316 valence electrons. The van der Waals surface area contributed by atoms with Crippen molar-refractivity contribution in [3.05, 3.63) is 0 Å². The Bertz CT molecular complexity index is 773. The van der Waals surface area contributed by atoms with Crippen LogP contribution in [0.15, 0.2) is 0 Å². The number of halogens is 44. The second-order valence-corrected chi connectivity index (χ2v) is 1030. The predicted octanol–water partition coefficient (Wildman–Crippen LogP) is 35.3. The number of rotatable bonds is 21. The Morgan fingerprint density at radius 3 is 0.489 bits per heavy atom. The zero-order valence-electron chi connectivity index (χ0n) is 17.6. The quantitative estimate of drug-likeness (QED) is 0.0794. The zero-order valence-corrected chi connectivity index (χ0v) is 113. The first-order valence-electron chi connectivity index (χ1n) is 6.52. The standard InChI is InChI=1S/CH3I44/c1-24-26(4)28(6)30(8)32(10)34(12)36(14)38(16)40(18)42(20)44(22)45(23)43(21)41(19)39(17)37(15)35(13)33(11)31(9)29(7)27(5)25(2)3/h1H3/q-1. The zero-order chi connectivity index (χ0) is 35.8. The minimum atomic E-state index is -0.557.